The zero-order chi connectivity index (χ0) is 55.3. The number of hydrogen-bond donors (Lipinski definition) is 0. The summed E-state index contributed by atoms with van der Waals surface area (Å²) < 4.78 is 67.9. The number of carbonyl (C=O) groups excluding carboxylic acids is 2. The zero-order valence-corrected chi connectivity index (χ0v) is 44.0. The topological polar surface area (TPSA) is 364 Å². The van der Waals surface area contributed by atoms with Crippen molar-refractivity contribution in [1.29, 1.82) is 0 Å². The Balaban J connectivity index is 0.000000600. The fourth-order valence-electron chi connectivity index (χ4n) is 6.32. The van der Waals surface area contributed by atoms with Crippen molar-refractivity contribution in [2.75, 3.05) is 26.2 Å². The van der Waals surface area contributed by atoms with Crippen LogP contribution in [0.15, 0.2) is 239 Å². The normalized spacial score (nSPS) is 11.0. The first-order chi connectivity index (χ1) is 36.7. The van der Waals surface area contributed by atoms with E-state index in [-0.39, 0.29) is 33.0 Å². The van der Waals surface area contributed by atoms with E-state index in [2.05, 4.69) is 68.5 Å². The Kier molecular flexibility index (Phi) is 34.6. The van der Waals surface area contributed by atoms with Gasteiger partial charge in [-0.25, -0.2) is 37.3 Å². The third kappa shape index (κ3) is 29.5. The van der Waals surface area contributed by atoms with Gasteiger partial charge in [-0.15, -0.1) is 20.5 Å². The Hall–Kier alpha value is -7.83. The van der Waals surface area contributed by atoms with Crippen LogP contribution in [0, 0.1) is 20.5 Å². The predicted octanol–water partition coefficient (Wildman–Crippen LogP) is -0.0306. The average molecular weight is 1180 g/mol. The van der Waals surface area contributed by atoms with Crippen LogP contribution in [0.1, 0.15) is 45.0 Å². The van der Waals surface area contributed by atoms with E-state index in [4.69, 9.17) is 77.6 Å². The molecule has 8 aromatic rings. The maximum Gasteiger partial charge on any atom is 2.00 e. The number of nitrogens with zero attached hydrogens (tertiary/aromatic N) is 10. The van der Waals surface area contributed by atoms with Crippen LogP contribution in [-0.4, -0.2) is 81.1 Å². The first kappa shape index (κ1) is 68.2. The number of halogens is 2. The molecule has 0 aliphatic rings. The minimum Gasteiger partial charge on any atom is -0.724 e. The van der Waals surface area contributed by atoms with Crippen molar-refractivity contribution in [3.05, 3.63) is 275 Å². The number of isocyanates is 2. The van der Waals surface area contributed by atoms with Crippen LogP contribution in [0.4, 0.5) is 0 Å². The third-order valence-electron chi connectivity index (χ3n) is 9.10. The third-order valence-corrected chi connectivity index (χ3v) is 9.10. The first-order valence-electron chi connectivity index (χ1n) is 22.0. The van der Waals surface area contributed by atoms with Crippen LogP contribution < -0.4 is 37.3 Å². The van der Waals surface area contributed by atoms with Crippen molar-refractivity contribution in [3.8, 4) is 0 Å². The van der Waals surface area contributed by atoms with Gasteiger partial charge < -0.3 is 10.8 Å². The molecule has 0 radical (unpaired) electrons. The van der Waals surface area contributed by atoms with E-state index in [0.717, 1.165) is 67.9 Å². The van der Waals surface area contributed by atoms with Crippen molar-refractivity contribution in [2.24, 2.45) is 20.0 Å². The fourth-order valence-corrected chi connectivity index (χ4v) is 6.32. The second-order valence-electron chi connectivity index (χ2n) is 14.2. The molecule has 0 aliphatic carbocycles. The summed E-state index contributed by atoms with van der Waals surface area (Å²) in [4.78, 5) is 53.8. The van der Waals surface area contributed by atoms with Gasteiger partial charge in [0.2, 0.25) is 0 Å². The van der Waals surface area contributed by atoms with Crippen LogP contribution in [0.25, 0.3) is 10.8 Å². The van der Waals surface area contributed by atoms with Gasteiger partial charge in [0.05, 0.1) is 71.8 Å². The number of rotatable bonds is 14. The molecular weight excluding hydrogens is 1140 g/mol. The largest absolute Gasteiger partial charge is 2.00 e. The van der Waals surface area contributed by atoms with Crippen molar-refractivity contribution >= 4 is 35.0 Å². The van der Waals surface area contributed by atoms with Gasteiger partial charge in [0.1, 0.15) is 0 Å². The molecule has 0 saturated carbocycles. The van der Waals surface area contributed by atoms with Crippen LogP contribution in [-0.2, 0) is 42.6 Å². The van der Waals surface area contributed by atoms with Gasteiger partial charge >= 0.3 is 33.0 Å². The smallest absolute Gasteiger partial charge is 0.724 e. The van der Waals surface area contributed by atoms with Gasteiger partial charge in [0.15, 0.2) is 0 Å². The summed E-state index contributed by atoms with van der Waals surface area (Å²) in [5.74, 6) is 0. The summed E-state index contributed by atoms with van der Waals surface area (Å²) in [5, 5.41) is 13.5. The molecule has 4 heterocycles. The molecule has 0 bridgehead atoms. The predicted molar refractivity (Wildman–Crippen MR) is 263 cm³/mol. The molecule has 0 saturated heterocycles. The summed E-state index contributed by atoms with van der Waals surface area (Å²) in [6, 6.07) is 64.1. The Bertz CT molecular complexity index is 2480. The van der Waals surface area contributed by atoms with Gasteiger partial charge in [-0.2, -0.15) is 0 Å². The molecular formula is C54H44Cl2N10Ni2O10. The van der Waals surface area contributed by atoms with Crippen LogP contribution in [0.2, 0.25) is 0 Å². The maximum atomic E-state index is 8.49. The number of aromatic nitrogens is 4. The van der Waals surface area contributed by atoms with Crippen molar-refractivity contribution in [2.45, 2.75) is 0 Å². The molecule has 0 fully saturated rings. The Morgan fingerprint density at radius 2 is 0.487 bits per heavy atom. The molecule has 0 amide bonds. The molecule has 0 aliphatic heterocycles. The van der Waals surface area contributed by atoms with E-state index in [0.29, 0.717) is 38.3 Å². The summed E-state index contributed by atoms with van der Waals surface area (Å²) in [7, 11) is -9.89. The number of pyridine rings is 4. The van der Waals surface area contributed by atoms with Gasteiger partial charge in [0, 0.05) is 47.0 Å². The van der Waals surface area contributed by atoms with E-state index in [1.54, 1.807) is 24.8 Å². The van der Waals surface area contributed by atoms with E-state index in [1.807, 2.05) is 146 Å². The first-order valence-corrected chi connectivity index (χ1v) is 24.4. The Morgan fingerprint density at radius 3 is 0.628 bits per heavy atom. The van der Waals surface area contributed by atoms with Crippen LogP contribution in [0.5, 0.6) is 0 Å². The second kappa shape index (κ2) is 39.5. The molecule has 78 heavy (non-hydrogen) atoms. The molecule has 20 nitrogen and oxygen atoms in total. The summed E-state index contributed by atoms with van der Waals surface area (Å²) in [6.45, 7) is 2.24. The van der Waals surface area contributed by atoms with Crippen LogP contribution >= 0.6 is 0 Å². The quantitative estimate of drug-likeness (QED) is 0.0598. The standard InChI is InChI=1S/2C26H22N4.2CNO.2ClHO4.2Ni/c2*1-3-11-21(12-4-1)25(23-15-7-9-17-27-23)29-19-20-30-26(22-13-5-2-6-14-22)24-16-8-10-18-28-24;2*2-1-3;2*2-1(3,4)5;;/h2*1-18H,19-20H2;;;2*(H,2,3,4,5);;/q;;2*-1;;;2*+2/p-2. The molecule has 4 aromatic carbocycles. The average Bonchev–Trinajstić information content (AvgIpc) is 3.43. The fraction of sp³-hybridized carbons (Fsp3) is 0.0741. The molecule has 0 spiro atoms. The monoisotopic (exact) mass is 1180 g/mol. The van der Waals surface area contributed by atoms with Crippen LogP contribution in [0.3, 0.4) is 0 Å². The van der Waals surface area contributed by atoms with E-state index >= 15 is 0 Å². The van der Waals surface area contributed by atoms with Crippen molar-refractivity contribution in [3.63, 3.8) is 0 Å². The van der Waals surface area contributed by atoms with Crippen molar-refractivity contribution < 1.29 is 100 Å². The van der Waals surface area contributed by atoms with Gasteiger partial charge in [-0.1, -0.05) is 146 Å². The molecule has 8 rings (SSSR count). The minimum absolute atomic E-state index is 0. The summed E-state index contributed by atoms with van der Waals surface area (Å²) in [6.07, 6.45) is 8.17. The molecule has 0 unspecified atom stereocenters. The van der Waals surface area contributed by atoms with E-state index < -0.39 is 20.5 Å². The second-order valence-corrected chi connectivity index (χ2v) is 15.7. The molecule has 404 valence electrons. The molecule has 4 aromatic heterocycles. The summed E-state index contributed by atoms with van der Waals surface area (Å²) in [5.41, 5.74) is 11.2. The number of benzene rings is 4. The Morgan fingerprint density at radius 1 is 0.333 bits per heavy atom. The molecule has 24 heteroatoms. The number of hydrogen-bond acceptors (Lipinski definition) is 18. The number of aliphatic imine (C=N–C) groups is 4. The SMILES string of the molecule is [N-]=C=O.[N-]=C=O.[Ni+2].[Ni+2].[O-][Cl+3]([O-])([O-])[O-].[O-][Cl+3]([O-])([O-])[O-].c1ccc(C(=NCCN=C(c2ccccc2)c2ccccn2)c2ccccn2)cc1.c1ccc(C(=NCCN=C(c2ccccc2)c2ccccn2)c2ccccn2)cc1. The maximum absolute atomic E-state index is 8.49. The molecule has 0 atom stereocenters. The van der Waals surface area contributed by atoms with Gasteiger partial charge in [-0.3, -0.25) is 49.5 Å². The van der Waals surface area contributed by atoms with E-state index in [9.17, 15) is 0 Å². The van der Waals surface area contributed by atoms with Gasteiger partial charge in [0.25, 0.3) is 0 Å². The van der Waals surface area contributed by atoms with Gasteiger partial charge in [-0.05, 0) is 60.7 Å². The van der Waals surface area contributed by atoms with E-state index in [1.165, 1.54) is 0 Å². The summed E-state index contributed by atoms with van der Waals surface area (Å²) >= 11 is 0. The zero-order valence-electron chi connectivity index (χ0n) is 40.6. The minimum atomic E-state index is -4.94. The Labute approximate surface area is 473 Å². The van der Waals surface area contributed by atoms with Crippen molar-refractivity contribution in [1.82, 2.24) is 19.9 Å². The molecule has 0 N–H and O–H groups in total.